The summed E-state index contributed by atoms with van der Waals surface area (Å²) < 4.78 is 19.3. The van der Waals surface area contributed by atoms with Crippen molar-refractivity contribution in [2.45, 2.75) is 77.6 Å². The van der Waals surface area contributed by atoms with Crippen LogP contribution < -0.4 is 16.2 Å². The smallest absolute Gasteiger partial charge is 0.198 e. The van der Waals surface area contributed by atoms with Crippen LogP contribution >= 0.6 is 11.3 Å². The summed E-state index contributed by atoms with van der Waals surface area (Å²) in [5.74, 6) is 0. The van der Waals surface area contributed by atoms with Crippen LogP contribution in [0, 0.1) is 0 Å². The van der Waals surface area contributed by atoms with Crippen LogP contribution in [0.4, 0.5) is 11.4 Å². The second-order valence-corrected chi connectivity index (χ2v) is 22.5. The van der Waals surface area contributed by atoms with Crippen LogP contribution in [0.1, 0.15) is 78.0 Å². The van der Waals surface area contributed by atoms with Gasteiger partial charge in [-0.25, -0.2) is 0 Å². The molecule has 1 N–H and O–H groups in total. The van der Waals surface area contributed by atoms with Crippen LogP contribution in [0.5, 0.6) is 0 Å². The summed E-state index contributed by atoms with van der Waals surface area (Å²) in [5.41, 5.74) is 18.1. The fourth-order valence-electron chi connectivity index (χ4n) is 11.8. The fourth-order valence-corrected chi connectivity index (χ4v) is 12.9. The molecule has 1 aliphatic heterocycles. The van der Waals surface area contributed by atoms with E-state index in [0.29, 0.717) is 0 Å². The molecule has 5 heterocycles. The minimum atomic E-state index is 0.0306. The Labute approximate surface area is 388 Å². The number of rotatable bonds is 3. The van der Waals surface area contributed by atoms with E-state index < -0.39 is 0 Å². The molecule has 0 unspecified atom stereocenters. The van der Waals surface area contributed by atoms with Gasteiger partial charge in [0.15, 0.2) is 7.28 Å². The summed E-state index contributed by atoms with van der Waals surface area (Å²) in [5, 5.41) is 13.4. The summed E-state index contributed by atoms with van der Waals surface area (Å²) in [4.78, 5) is 0. The van der Waals surface area contributed by atoms with Crippen molar-refractivity contribution in [3.63, 3.8) is 0 Å². The highest BCUT2D eigenvalue weighted by atomic mass is 32.1. The van der Waals surface area contributed by atoms with E-state index in [1.807, 2.05) is 11.3 Å². The molecule has 66 heavy (non-hydrogen) atoms. The van der Waals surface area contributed by atoms with Gasteiger partial charge in [-0.3, -0.25) is 0 Å². The molecular weight excluding hydrogens is 824 g/mol. The van der Waals surface area contributed by atoms with Crippen molar-refractivity contribution in [3.8, 4) is 16.8 Å². The number of hydrogen-bond acceptors (Lipinski definition) is 4. The number of anilines is 2. The lowest BCUT2D eigenvalue weighted by Crippen LogP contribution is -2.37. The number of hydrogen-bond donors (Lipinski definition) is 1. The van der Waals surface area contributed by atoms with E-state index in [0.717, 1.165) is 79.2 Å². The van der Waals surface area contributed by atoms with Crippen LogP contribution in [0.15, 0.2) is 142 Å². The van der Waals surface area contributed by atoms with Gasteiger partial charge in [-0.1, -0.05) is 121 Å². The number of nitrogens with one attached hydrogen (secondary N) is 1. The molecule has 0 spiro atoms. The normalized spacial score (nSPS) is 15.4. The Bertz CT molecular complexity index is 4090. The van der Waals surface area contributed by atoms with Gasteiger partial charge in [-0.05, 0) is 124 Å². The van der Waals surface area contributed by atoms with Crippen LogP contribution in [-0.4, -0.2) is 11.8 Å². The van der Waals surface area contributed by atoms with Crippen molar-refractivity contribution >= 4 is 127 Å². The highest BCUT2D eigenvalue weighted by molar-refractivity contribution is 7.26. The van der Waals surface area contributed by atoms with Gasteiger partial charge in [0, 0.05) is 69.7 Å². The standard InChI is InChI=1S/C60H48BN2O2S/c1-58(2,3)32-20-22-33(23-21-32)62-44-27-37-34-14-8-11-17-47(34)64-49(37)29-39(44)52-53-36-16-9-12-18-48(36)65-57(53)54-40-26-41-42(60(6,7)25-24-59(41,4)5)30-45(40)63-46-28-38-35-15-10-13-19-50(35)66-51(38)31-43(46)61-55(52)56(54)63/h8-23,26-31,62H,24-25H2,1-7H3. The summed E-state index contributed by atoms with van der Waals surface area (Å²) in [6.45, 7) is 16.6. The number of nitrogens with zero attached hydrogens (tertiary/aromatic N) is 1. The Kier molecular flexibility index (Phi) is 7.58. The highest BCUT2D eigenvalue weighted by Crippen LogP contribution is 2.52. The quantitative estimate of drug-likeness (QED) is 0.180. The van der Waals surface area contributed by atoms with Gasteiger partial charge in [0.05, 0.1) is 16.4 Å². The zero-order chi connectivity index (χ0) is 44.6. The molecule has 0 fully saturated rings. The fraction of sp³-hybridized carbons (Fsp3) is 0.200. The molecule has 6 heteroatoms. The van der Waals surface area contributed by atoms with Crippen molar-refractivity contribution in [2.75, 3.05) is 5.32 Å². The SMILES string of the molecule is CC(C)(C)c1ccc(Nc2cc3c(cc2-c2c4c5c(c6cc7c(cc6n5-c5cc6c(cc5[B]4)sc4ccccc46)C(C)(C)CCC7(C)C)c4oc5ccccc5c24)oc2ccccc23)cc1. The van der Waals surface area contributed by atoms with Gasteiger partial charge in [-0.15, -0.1) is 11.3 Å². The number of aromatic nitrogens is 1. The third-order valence-corrected chi connectivity index (χ3v) is 16.6. The number of thiophene rings is 1. The maximum absolute atomic E-state index is 7.28. The zero-order valence-corrected chi connectivity index (χ0v) is 39.2. The maximum atomic E-state index is 7.28. The monoisotopic (exact) mass is 871 g/mol. The predicted octanol–water partition coefficient (Wildman–Crippen LogP) is 16.0. The second-order valence-electron chi connectivity index (χ2n) is 21.4. The minimum absolute atomic E-state index is 0.0306. The largest absolute Gasteiger partial charge is 0.456 e. The Balaban J connectivity index is 1.17. The van der Waals surface area contributed by atoms with E-state index in [9.17, 15) is 0 Å². The number of para-hydroxylation sites is 2. The van der Waals surface area contributed by atoms with Gasteiger partial charge in [0.25, 0.3) is 0 Å². The first-order valence-corrected chi connectivity index (χ1v) is 24.3. The summed E-state index contributed by atoms with van der Waals surface area (Å²) in [6, 6.07) is 49.5. The van der Waals surface area contributed by atoms with Crippen LogP contribution in [-0.2, 0) is 16.2 Å². The van der Waals surface area contributed by atoms with Crippen LogP contribution in [0.3, 0.4) is 0 Å². The van der Waals surface area contributed by atoms with Crippen molar-refractivity contribution in [2.24, 2.45) is 0 Å². The Morgan fingerprint density at radius 3 is 2.05 bits per heavy atom. The van der Waals surface area contributed by atoms with Gasteiger partial charge in [0.1, 0.15) is 22.3 Å². The van der Waals surface area contributed by atoms with E-state index in [4.69, 9.17) is 8.83 Å². The average Bonchev–Trinajstić information content (AvgIpc) is 4.06. The molecule has 4 nitrogen and oxygen atoms in total. The van der Waals surface area contributed by atoms with Gasteiger partial charge < -0.3 is 18.7 Å². The molecule has 4 aromatic heterocycles. The molecule has 8 aromatic carbocycles. The topological polar surface area (TPSA) is 43.2 Å². The number of fused-ring (bicyclic) bond motifs is 16. The van der Waals surface area contributed by atoms with Gasteiger partial charge in [-0.2, -0.15) is 0 Å². The van der Waals surface area contributed by atoms with Crippen LogP contribution in [0.25, 0.3) is 103 Å². The molecule has 1 radical (unpaired) electrons. The Hall–Kier alpha value is -6.76. The van der Waals surface area contributed by atoms with Crippen molar-refractivity contribution in [3.05, 3.63) is 150 Å². The van der Waals surface area contributed by atoms with E-state index in [1.165, 1.54) is 75.3 Å². The Morgan fingerprint density at radius 2 is 1.29 bits per heavy atom. The van der Waals surface area contributed by atoms with Crippen molar-refractivity contribution in [1.29, 1.82) is 0 Å². The van der Waals surface area contributed by atoms with Crippen LogP contribution in [0.2, 0.25) is 0 Å². The molecule has 0 amide bonds. The second kappa shape index (κ2) is 13.0. The predicted molar refractivity (Wildman–Crippen MR) is 282 cm³/mol. The van der Waals surface area contributed by atoms with E-state index in [1.54, 1.807) is 0 Å². The lowest BCUT2D eigenvalue weighted by Gasteiger charge is -2.42. The summed E-state index contributed by atoms with van der Waals surface area (Å²) in [6.07, 6.45) is 2.29. The van der Waals surface area contributed by atoms with E-state index in [-0.39, 0.29) is 16.2 Å². The Morgan fingerprint density at radius 1 is 0.606 bits per heavy atom. The first-order valence-electron chi connectivity index (χ1n) is 23.4. The average molecular weight is 872 g/mol. The highest BCUT2D eigenvalue weighted by Gasteiger charge is 2.40. The first kappa shape index (κ1) is 38.5. The first-order chi connectivity index (χ1) is 31.8. The molecule has 319 valence electrons. The van der Waals surface area contributed by atoms with Crippen molar-refractivity contribution in [1.82, 2.24) is 4.57 Å². The third kappa shape index (κ3) is 5.28. The molecular formula is C60H48BN2O2S. The summed E-state index contributed by atoms with van der Waals surface area (Å²) in [7, 11) is 2.48. The third-order valence-electron chi connectivity index (χ3n) is 15.4. The molecule has 0 saturated carbocycles. The molecule has 1 aliphatic carbocycles. The van der Waals surface area contributed by atoms with Gasteiger partial charge >= 0.3 is 0 Å². The molecule has 14 rings (SSSR count). The summed E-state index contributed by atoms with van der Waals surface area (Å²) >= 11 is 1.88. The van der Waals surface area contributed by atoms with E-state index in [2.05, 4.69) is 199 Å². The lowest BCUT2D eigenvalue weighted by atomic mass is 9.58. The molecule has 0 atom stereocenters. The number of benzene rings is 8. The van der Waals surface area contributed by atoms with E-state index >= 15 is 0 Å². The number of furan rings is 2. The van der Waals surface area contributed by atoms with Gasteiger partial charge in [0.2, 0.25) is 0 Å². The zero-order valence-electron chi connectivity index (χ0n) is 38.4. The maximum Gasteiger partial charge on any atom is 0.198 e. The molecule has 0 saturated heterocycles. The molecule has 0 bridgehead atoms. The molecule has 2 aliphatic rings. The van der Waals surface area contributed by atoms with Crippen molar-refractivity contribution < 1.29 is 8.83 Å². The molecule has 12 aromatic rings. The minimum Gasteiger partial charge on any atom is -0.456 e. The lowest BCUT2D eigenvalue weighted by molar-refractivity contribution is 0.332.